The number of hydrogen-bond donors (Lipinski definition) is 1. The van der Waals surface area contributed by atoms with Crippen LogP contribution in [-0.4, -0.2) is 49.1 Å². The third-order valence-corrected chi connectivity index (χ3v) is 5.62. The standard InChI is InChI=1S/C22H32N2O3/c25-21-16-19(17-24(21)14-12-18-8-3-1-4-9-18)22(26)23-13-7-15-27-20-10-5-2-6-11-20/h1,3-4,8-9,19-20H,2,5-7,10-17H2,(H,23,26). The lowest BCUT2D eigenvalue weighted by Crippen LogP contribution is -2.34. The van der Waals surface area contributed by atoms with Gasteiger partial charge in [0.1, 0.15) is 0 Å². The molecule has 5 heteroatoms. The molecule has 3 rings (SSSR count). The van der Waals surface area contributed by atoms with Crippen LogP contribution in [0.25, 0.3) is 0 Å². The van der Waals surface area contributed by atoms with Crippen molar-refractivity contribution in [3.8, 4) is 0 Å². The van der Waals surface area contributed by atoms with E-state index >= 15 is 0 Å². The molecule has 148 valence electrons. The molecule has 1 saturated heterocycles. The first-order valence-electron chi connectivity index (χ1n) is 10.4. The topological polar surface area (TPSA) is 58.6 Å². The first kappa shape index (κ1) is 19.9. The minimum Gasteiger partial charge on any atom is -0.378 e. The maximum Gasteiger partial charge on any atom is 0.225 e. The molecule has 1 heterocycles. The fourth-order valence-corrected chi connectivity index (χ4v) is 3.98. The smallest absolute Gasteiger partial charge is 0.225 e. The monoisotopic (exact) mass is 372 g/mol. The Morgan fingerprint density at radius 3 is 2.70 bits per heavy atom. The second-order valence-corrected chi connectivity index (χ2v) is 7.75. The SMILES string of the molecule is O=C(NCCCOC1CCCCC1)C1CC(=O)N(CCc2ccccc2)C1. The molecule has 0 radical (unpaired) electrons. The Balaban J connectivity index is 1.30. The van der Waals surface area contributed by atoms with Crippen LogP contribution in [-0.2, 0) is 20.7 Å². The molecule has 0 bridgehead atoms. The molecular formula is C22H32N2O3. The predicted octanol–water partition coefficient (Wildman–Crippen LogP) is 2.93. The third-order valence-electron chi connectivity index (χ3n) is 5.62. The van der Waals surface area contributed by atoms with Gasteiger partial charge >= 0.3 is 0 Å². The summed E-state index contributed by atoms with van der Waals surface area (Å²) in [6.07, 6.45) is 8.65. The molecule has 1 aromatic carbocycles. The summed E-state index contributed by atoms with van der Waals surface area (Å²) >= 11 is 0. The van der Waals surface area contributed by atoms with Crippen molar-refractivity contribution in [3.05, 3.63) is 35.9 Å². The van der Waals surface area contributed by atoms with Crippen molar-refractivity contribution in [1.82, 2.24) is 10.2 Å². The molecule has 27 heavy (non-hydrogen) atoms. The minimum absolute atomic E-state index is 0.00299. The molecule has 1 unspecified atom stereocenters. The van der Waals surface area contributed by atoms with E-state index in [-0.39, 0.29) is 17.7 Å². The van der Waals surface area contributed by atoms with Gasteiger partial charge in [0.25, 0.3) is 0 Å². The zero-order valence-corrected chi connectivity index (χ0v) is 16.2. The van der Waals surface area contributed by atoms with Crippen molar-refractivity contribution < 1.29 is 14.3 Å². The molecule has 1 N–H and O–H groups in total. The van der Waals surface area contributed by atoms with Crippen LogP contribution >= 0.6 is 0 Å². The van der Waals surface area contributed by atoms with E-state index in [1.807, 2.05) is 23.1 Å². The molecule has 2 amide bonds. The molecule has 1 saturated carbocycles. The van der Waals surface area contributed by atoms with Crippen LogP contribution in [0, 0.1) is 5.92 Å². The maximum absolute atomic E-state index is 12.3. The average molecular weight is 373 g/mol. The normalized spacial score (nSPS) is 20.8. The summed E-state index contributed by atoms with van der Waals surface area (Å²) in [5, 5.41) is 2.98. The van der Waals surface area contributed by atoms with E-state index in [0.717, 1.165) is 12.8 Å². The van der Waals surface area contributed by atoms with Crippen molar-refractivity contribution >= 4 is 11.8 Å². The van der Waals surface area contributed by atoms with Crippen molar-refractivity contribution in [3.63, 3.8) is 0 Å². The summed E-state index contributed by atoms with van der Waals surface area (Å²) in [6.45, 7) is 2.55. The number of carbonyl (C=O) groups is 2. The number of hydrogen-bond acceptors (Lipinski definition) is 3. The van der Waals surface area contributed by atoms with E-state index < -0.39 is 0 Å². The minimum atomic E-state index is -0.215. The summed E-state index contributed by atoms with van der Waals surface area (Å²) in [5.74, 6) is -0.123. The van der Waals surface area contributed by atoms with Gasteiger partial charge < -0.3 is 15.0 Å². The number of nitrogens with one attached hydrogen (secondary N) is 1. The van der Waals surface area contributed by atoms with E-state index in [4.69, 9.17) is 4.74 Å². The lowest BCUT2D eigenvalue weighted by molar-refractivity contribution is -0.129. The molecule has 2 aliphatic rings. The zero-order valence-electron chi connectivity index (χ0n) is 16.2. The highest BCUT2D eigenvalue weighted by molar-refractivity contribution is 5.89. The Hall–Kier alpha value is -1.88. The van der Waals surface area contributed by atoms with Gasteiger partial charge in [0, 0.05) is 32.7 Å². The molecule has 1 aliphatic carbocycles. The van der Waals surface area contributed by atoms with E-state index in [1.54, 1.807) is 0 Å². The van der Waals surface area contributed by atoms with Crippen molar-refractivity contribution in [2.24, 2.45) is 5.92 Å². The largest absolute Gasteiger partial charge is 0.378 e. The molecule has 0 spiro atoms. The van der Waals surface area contributed by atoms with Crippen LogP contribution < -0.4 is 5.32 Å². The Morgan fingerprint density at radius 2 is 1.93 bits per heavy atom. The number of benzene rings is 1. The number of nitrogens with zero attached hydrogens (tertiary/aromatic N) is 1. The summed E-state index contributed by atoms with van der Waals surface area (Å²) in [5.41, 5.74) is 1.22. The first-order chi connectivity index (χ1) is 13.2. The van der Waals surface area contributed by atoms with E-state index in [2.05, 4.69) is 17.4 Å². The van der Waals surface area contributed by atoms with Crippen LogP contribution in [0.1, 0.15) is 50.5 Å². The van der Waals surface area contributed by atoms with Crippen molar-refractivity contribution in [2.45, 2.75) is 57.5 Å². The Kier molecular flexibility index (Phi) is 7.69. The molecule has 0 aromatic heterocycles. The second kappa shape index (κ2) is 10.5. The van der Waals surface area contributed by atoms with Crippen LogP contribution in [0.3, 0.4) is 0 Å². The fourth-order valence-electron chi connectivity index (χ4n) is 3.98. The van der Waals surface area contributed by atoms with Crippen LogP contribution in [0.15, 0.2) is 30.3 Å². The van der Waals surface area contributed by atoms with Gasteiger partial charge in [-0.3, -0.25) is 9.59 Å². The van der Waals surface area contributed by atoms with Crippen LogP contribution in [0.2, 0.25) is 0 Å². The van der Waals surface area contributed by atoms with Gasteiger partial charge in [-0.05, 0) is 31.2 Å². The van der Waals surface area contributed by atoms with Gasteiger partial charge in [0.15, 0.2) is 0 Å². The lowest BCUT2D eigenvalue weighted by Gasteiger charge is -2.22. The highest BCUT2D eigenvalue weighted by atomic mass is 16.5. The maximum atomic E-state index is 12.3. The van der Waals surface area contributed by atoms with Gasteiger partial charge in [-0.15, -0.1) is 0 Å². The average Bonchev–Trinajstić information content (AvgIpc) is 3.08. The Bertz CT molecular complexity index is 599. The molecule has 2 fully saturated rings. The van der Waals surface area contributed by atoms with Crippen LogP contribution in [0.5, 0.6) is 0 Å². The van der Waals surface area contributed by atoms with E-state index in [1.165, 1.54) is 37.7 Å². The van der Waals surface area contributed by atoms with Gasteiger partial charge in [0.05, 0.1) is 12.0 Å². The van der Waals surface area contributed by atoms with Gasteiger partial charge in [0.2, 0.25) is 11.8 Å². The van der Waals surface area contributed by atoms with Crippen molar-refractivity contribution in [2.75, 3.05) is 26.2 Å². The quantitative estimate of drug-likeness (QED) is 0.678. The number of carbonyl (C=O) groups excluding carboxylic acids is 2. The number of rotatable bonds is 9. The number of ether oxygens (including phenoxy) is 1. The third kappa shape index (κ3) is 6.35. The summed E-state index contributed by atoms with van der Waals surface area (Å²) in [4.78, 5) is 26.4. The molecular weight excluding hydrogens is 340 g/mol. The lowest BCUT2D eigenvalue weighted by atomic mass is 9.98. The first-order valence-corrected chi connectivity index (χ1v) is 10.4. The fraction of sp³-hybridized carbons (Fsp3) is 0.636. The summed E-state index contributed by atoms with van der Waals surface area (Å²) in [7, 11) is 0. The molecule has 1 aliphatic heterocycles. The van der Waals surface area contributed by atoms with Crippen LogP contribution in [0.4, 0.5) is 0 Å². The zero-order chi connectivity index (χ0) is 18.9. The summed E-state index contributed by atoms with van der Waals surface area (Å²) in [6, 6.07) is 10.1. The number of likely N-dealkylation sites (tertiary alicyclic amines) is 1. The second-order valence-electron chi connectivity index (χ2n) is 7.75. The molecule has 1 aromatic rings. The van der Waals surface area contributed by atoms with Gasteiger partial charge in [-0.1, -0.05) is 49.6 Å². The highest BCUT2D eigenvalue weighted by Gasteiger charge is 2.33. The Morgan fingerprint density at radius 1 is 1.15 bits per heavy atom. The van der Waals surface area contributed by atoms with Gasteiger partial charge in [-0.25, -0.2) is 0 Å². The van der Waals surface area contributed by atoms with Crippen molar-refractivity contribution in [1.29, 1.82) is 0 Å². The van der Waals surface area contributed by atoms with E-state index in [9.17, 15) is 9.59 Å². The molecule has 5 nitrogen and oxygen atoms in total. The summed E-state index contributed by atoms with van der Waals surface area (Å²) < 4.78 is 5.88. The predicted molar refractivity (Wildman–Crippen MR) is 105 cm³/mol. The Labute approximate surface area is 162 Å². The van der Waals surface area contributed by atoms with E-state index in [0.29, 0.717) is 38.8 Å². The number of amides is 2. The molecule has 1 atom stereocenters. The van der Waals surface area contributed by atoms with Gasteiger partial charge in [-0.2, -0.15) is 0 Å². The highest BCUT2D eigenvalue weighted by Crippen LogP contribution is 2.20.